The number of amides is 3. The van der Waals surface area contributed by atoms with Crippen molar-refractivity contribution in [2.45, 2.75) is 60.0 Å². The van der Waals surface area contributed by atoms with Gasteiger partial charge in [0, 0.05) is 30.8 Å². The van der Waals surface area contributed by atoms with Gasteiger partial charge in [0.25, 0.3) is 5.91 Å². The van der Waals surface area contributed by atoms with Gasteiger partial charge in [-0.1, -0.05) is 13.8 Å². The highest BCUT2D eigenvalue weighted by Gasteiger charge is 2.15. The summed E-state index contributed by atoms with van der Waals surface area (Å²) in [6.45, 7) is 12.3. The summed E-state index contributed by atoms with van der Waals surface area (Å²) >= 11 is 0. The molecule has 0 aliphatic heterocycles. The number of anilines is 1. The molecule has 0 spiro atoms. The van der Waals surface area contributed by atoms with E-state index >= 15 is 0 Å². The molecular weight excluding hydrogens is 358 g/mol. The molecule has 0 aliphatic rings. The zero-order valence-corrected chi connectivity index (χ0v) is 17.8. The lowest BCUT2D eigenvalue weighted by Gasteiger charge is -2.19. The Balaban J connectivity index is 2.43. The summed E-state index contributed by atoms with van der Waals surface area (Å²) in [5.41, 5.74) is 1.51. The number of nitrogens with one attached hydrogen (secondary N) is 3. The molecule has 1 aromatic rings. The van der Waals surface area contributed by atoms with Gasteiger partial charge in [-0.15, -0.1) is 0 Å². The predicted octanol–water partition coefficient (Wildman–Crippen LogP) is 3.62. The van der Waals surface area contributed by atoms with Crippen molar-refractivity contribution in [3.8, 4) is 0 Å². The van der Waals surface area contributed by atoms with E-state index in [1.807, 2.05) is 20.8 Å². The van der Waals surface area contributed by atoms with Gasteiger partial charge < -0.3 is 20.7 Å². The van der Waals surface area contributed by atoms with Crippen molar-refractivity contribution in [1.29, 1.82) is 0 Å². The average molecular weight is 392 g/mol. The van der Waals surface area contributed by atoms with Gasteiger partial charge in [0.05, 0.1) is 0 Å². The van der Waals surface area contributed by atoms with E-state index in [1.54, 1.807) is 39.0 Å². The van der Waals surface area contributed by atoms with Gasteiger partial charge in [0.1, 0.15) is 5.60 Å². The largest absolute Gasteiger partial charge is 0.444 e. The van der Waals surface area contributed by atoms with Crippen LogP contribution >= 0.6 is 0 Å². The molecule has 0 heterocycles. The molecule has 1 rings (SSSR count). The van der Waals surface area contributed by atoms with Crippen LogP contribution in [0.25, 0.3) is 0 Å². The molecule has 3 N–H and O–H groups in total. The normalized spacial score (nSPS) is 11.1. The van der Waals surface area contributed by atoms with E-state index in [1.165, 1.54) is 0 Å². The predicted molar refractivity (Wildman–Crippen MR) is 110 cm³/mol. The lowest BCUT2D eigenvalue weighted by molar-refractivity contribution is -0.116. The van der Waals surface area contributed by atoms with E-state index in [0.29, 0.717) is 36.7 Å². The van der Waals surface area contributed by atoms with Crippen molar-refractivity contribution in [3.63, 3.8) is 0 Å². The SMILES string of the molecule is Cc1cc(C(=O)NCC(C)C)ccc1NC(=O)CCCNC(=O)OC(C)(C)C. The number of carbonyl (C=O) groups is 3. The van der Waals surface area contributed by atoms with Crippen molar-refractivity contribution in [2.75, 3.05) is 18.4 Å². The molecule has 0 aliphatic carbocycles. The summed E-state index contributed by atoms with van der Waals surface area (Å²) in [6.07, 6.45) is 0.279. The van der Waals surface area contributed by atoms with E-state index in [0.717, 1.165) is 5.56 Å². The van der Waals surface area contributed by atoms with Gasteiger partial charge in [-0.2, -0.15) is 0 Å². The van der Waals surface area contributed by atoms with Crippen LogP contribution in [0.3, 0.4) is 0 Å². The Hall–Kier alpha value is -2.57. The summed E-state index contributed by atoms with van der Waals surface area (Å²) in [5, 5.41) is 8.33. The molecule has 3 amide bonds. The maximum absolute atomic E-state index is 12.1. The highest BCUT2D eigenvalue weighted by atomic mass is 16.6. The first-order chi connectivity index (χ1) is 13.0. The van der Waals surface area contributed by atoms with E-state index in [2.05, 4.69) is 16.0 Å². The third-order valence-electron chi connectivity index (χ3n) is 3.68. The molecule has 28 heavy (non-hydrogen) atoms. The first-order valence-corrected chi connectivity index (χ1v) is 9.63. The van der Waals surface area contributed by atoms with Crippen LogP contribution in [0, 0.1) is 12.8 Å². The number of rotatable bonds is 8. The minimum atomic E-state index is -0.545. The zero-order valence-electron chi connectivity index (χ0n) is 17.8. The molecule has 0 saturated heterocycles. The maximum Gasteiger partial charge on any atom is 0.407 e. The molecule has 0 fully saturated rings. The summed E-state index contributed by atoms with van der Waals surface area (Å²) in [4.78, 5) is 35.8. The molecule has 0 bridgehead atoms. The fourth-order valence-corrected chi connectivity index (χ4v) is 2.31. The Morgan fingerprint density at radius 3 is 2.36 bits per heavy atom. The van der Waals surface area contributed by atoms with Crippen LogP contribution in [-0.4, -0.2) is 36.6 Å². The lowest BCUT2D eigenvalue weighted by Crippen LogP contribution is -2.33. The third kappa shape index (κ3) is 9.39. The second-order valence-electron chi connectivity index (χ2n) is 8.21. The van der Waals surface area contributed by atoms with Crippen molar-refractivity contribution < 1.29 is 19.1 Å². The Morgan fingerprint density at radius 2 is 1.79 bits per heavy atom. The molecule has 7 heteroatoms. The van der Waals surface area contributed by atoms with Gasteiger partial charge in [-0.25, -0.2) is 4.79 Å². The average Bonchev–Trinajstić information content (AvgIpc) is 2.56. The topological polar surface area (TPSA) is 96.5 Å². The molecule has 0 atom stereocenters. The highest BCUT2D eigenvalue weighted by molar-refractivity contribution is 5.96. The fourth-order valence-electron chi connectivity index (χ4n) is 2.31. The van der Waals surface area contributed by atoms with Crippen molar-refractivity contribution in [1.82, 2.24) is 10.6 Å². The van der Waals surface area contributed by atoms with Crippen LogP contribution in [0.1, 0.15) is 63.4 Å². The van der Waals surface area contributed by atoms with Gasteiger partial charge in [-0.3, -0.25) is 9.59 Å². The van der Waals surface area contributed by atoms with Gasteiger partial charge in [-0.05, 0) is 63.8 Å². The number of hydrogen-bond donors (Lipinski definition) is 3. The van der Waals surface area contributed by atoms with Gasteiger partial charge in [0.2, 0.25) is 5.91 Å². The quantitative estimate of drug-likeness (QED) is 0.590. The number of alkyl carbamates (subject to hydrolysis) is 1. The van der Waals surface area contributed by atoms with E-state index in [9.17, 15) is 14.4 Å². The fraction of sp³-hybridized carbons (Fsp3) is 0.571. The van der Waals surface area contributed by atoms with Crippen molar-refractivity contribution in [2.24, 2.45) is 5.92 Å². The van der Waals surface area contributed by atoms with Crippen LogP contribution in [0.4, 0.5) is 10.5 Å². The molecular formula is C21H33N3O4. The van der Waals surface area contributed by atoms with Crippen LogP contribution in [-0.2, 0) is 9.53 Å². The Labute approximate surface area is 167 Å². The molecule has 0 saturated carbocycles. The molecule has 1 aromatic carbocycles. The Kier molecular flexibility index (Phi) is 8.96. The summed E-state index contributed by atoms with van der Waals surface area (Å²) in [7, 11) is 0. The molecule has 7 nitrogen and oxygen atoms in total. The first kappa shape index (κ1) is 23.5. The van der Waals surface area contributed by atoms with Gasteiger partial charge >= 0.3 is 6.09 Å². The molecule has 156 valence electrons. The third-order valence-corrected chi connectivity index (χ3v) is 3.68. The maximum atomic E-state index is 12.1. The second-order valence-corrected chi connectivity index (χ2v) is 8.21. The van der Waals surface area contributed by atoms with Crippen LogP contribution in [0.2, 0.25) is 0 Å². The number of aryl methyl sites for hydroxylation is 1. The summed E-state index contributed by atoms with van der Waals surface area (Å²) in [6, 6.07) is 5.19. The molecule has 0 unspecified atom stereocenters. The standard InChI is InChI=1S/C21H33N3O4/c1-14(2)13-23-19(26)16-9-10-17(15(3)12-16)24-18(25)8-7-11-22-20(27)28-21(4,5)6/h9-10,12,14H,7-8,11,13H2,1-6H3,(H,22,27)(H,23,26)(H,24,25). The zero-order chi connectivity index (χ0) is 21.3. The van der Waals surface area contributed by atoms with E-state index in [4.69, 9.17) is 4.74 Å². The van der Waals surface area contributed by atoms with Crippen LogP contribution < -0.4 is 16.0 Å². The van der Waals surface area contributed by atoms with Gasteiger partial charge in [0.15, 0.2) is 0 Å². The Morgan fingerprint density at radius 1 is 1.11 bits per heavy atom. The second kappa shape index (κ2) is 10.7. The number of hydrogen-bond acceptors (Lipinski definition) is 4. The first-order valence-electron chi connectivity index (χ1n) is 9.63. The minimum absolute atomic E-state index is 0.122. The molecule has 0 aromatic heterocycles. The summed E-state index contributed by atoms with van der Waals surface area (Å²) in [5.74, 6) is 0.113. The molecule has 0 radical (unpaired) electrons. The highest BCUT2D eigenvalue weighted by Crippen LogP contribution is 2.17. The summed E-state index contributed by atoms with van der Waals surface area (Å²) < 4.78 is 5.13. The number of carbonyl (C=O) groups excluding carboxylic acids is 3. The van der Waals surface area contributed by atoms with Crippen LogP contribution in [0.5, 0.6) is 0 Å². The monoisotopic (exact) mass is 391 g/mol. The smallest absolute Gasteiger partial charge is 0.407 e. The van der Waals surface area contributed by atoms with E-state index in [-0.39, 0.29) is 18.2 Å². The van der Waals surface area contributed by atoms with Crippen molar-refractivity contribution >= 4 is 23.6 Å². The van der Waals surface area contributed by atoms with Crippen LogP contribution in [0.15, 0.2) is 18.2 Å². The lowest BCUT2D eigenvalue weighted by atomic mass is 10.1. The Bertz CT molecular complexity index is 693. The van der Waals surface area contributed by atoms with E-state index < -0.39 is 11.7 Å². The number of ether oxygens (including phenoxy) is 1. The van der Waals surface area contributed by atoms with Crippen molar-refractivity contribution in [3.05, 3.63) is 29.3 Å². The minimum Gasteiger partial charge on any atom is -0.444 e. The number of benzene rings is 1.